The molecule has 102 valence electrons. The maximum absolute atomic E-state index is 9.27. The second-order valence-corrected chi connectivity index (χ2v) is 4.48. The molecule has 3 aromatic rings. The lowest BCUT2D eigenvalue weighted by atomic mass is 10.1. The average molecular weight is 269 g/mol. The number of phenols is 1. The third-order valence-electron chi connectivity index (χ3n) is 2.97. The van der Waals surface area contributed by atoms with Crippen LogP contribution in [0.25, 0.3) is 11.2 Å². The summed E-state index contributed by atoms with van der Waals surface area (Å²) in [5, 5.41) is 9.27. The fraction of sp³-hybridized carbons (Fsp3) is 0.200. The van der Waals surface area contributed by atoms with Crippen molar-refractivity contribution in [2.75, 3.05) is 6.61 Å². The molecule has 0 amide bonds. The number of aromatic hydroxyl groups is 1. The van der Waals surface area contributed by atoms with E-state index in [-0.39, 0.29) is 5.75 Å². The molecule has 0 unspecified atom stereocenters. The second-order valence-electron chi connectivity index (χ2n) is 4.48. The normalized spacial score (nSPS) is 10.8. The molecular weight excluding hydrogens is 254 g/mol. The van der Waals surface area contributed by atoms with Crippen molar-refractivity contribution in [2.45, 2.75) is 13.3 Å². The van der Waals surface area contributed by atoms with E-state index < -0.39 is 0 Å². The second kappa shape index (κ2) is 5.21. The maximum Gasteiger partial charge on any atom is 0.215 e. The molecule has 3 rings (SSSR count). The van der Waals surface area contributed by atoms with Gasteiger partial charge in [0, 0.05) is 12.5 Å². The molecule has 2 aromatic heterocycles. The largest absolute Gasteiger partial charge is 0.508 e. The van der Waals surface area contributed by atoms with Crippen LogP contribution in [0.3, 0.4) is 0 Å². The Balaban J connectivity index is 1.86. The first-order chi connectivity index (χ1) is 9.74. The number of rotatable bonds is 4. The Bertz CT molecular complexity index is 720. The van der Waals surface area contributed by atoms with Gasteiger partial charge in [0.15, 0.2) is 5.65 Å². The minimum atomic E-state index is 0.265. The highest BCUT2D eigenvalue weighted by atomic mass is 16.5. The molecule has 0 aliphatic heterocycles. The standard InChI is InChI=1S/C15H15N3O2/c1-2-20-14-8-7-12-15(18-14)17-13(16-12)9-10-3-5-11(19)6-4-10/h3-8,19H,2,9H2,1H3,(H,16,17,18). The number of hydrogen-bond donors (Lipinski definition) is 2. The number of fused-ring (bicyclic) bond motifs is 1. The minimum Gasteiger partial charge on any atom is -0.508 e. The van der Waals surface area contributed by atoms with Gasteiger partial charge in [-0.25, -0.2) is 4.98 Å². The van der Waals surface area contributed by atoms with Gasteiger partial charge in [0.2, 0.25) is 5.88 Å². The molecule has 20 heavy (non-hydrogen) atoms. The molecule has 0 saturated heterocycles. The number of hydrogen-bond acceptors (Lipinski definition) is 4. The van der Waals surface area contributed by atoms with Crippen molar-refractivity contribution in [1.82, 2.24) is 15.0 Å². The molecule has 5 nitrogen and oxygen atoms in total. The fourth-order valence-corrected chi connectivity index (χ4v) is 2.04. The van der Waals surface area contributed by atoms with Gasteiger partial charge in [-0.3, -0.25) is 0 Å². The molecule has 0 fully saturated rings. The van der Waals surface area contributed by atoms with Crippen LogP contribution in [-0.2, 0) is 6.42 Å². The number of ether oxygens (including phenoxy) is 1. The zero-order chi connectivity index (χ0) is 13.9. The van der Waals surface area contributed by atoms with E-state index >= 15 is 0 Å². The number of benzene rings is 1. The van der Waals surface area contributed by atoms with Gasteiger partial charge in [-0.05, 0) is 30.7 Å². The van der Waals surface area contributed by atoms with Crippen molar-refractivity contribution in [2.24, 2.45) is 0 Å². The Kier molecular flexibility index (Phi) is 3.25. The van der Waals surface area contributed by atoms with E-state index in [4.69, 9.17) is 4.74 Å². The van der Waals surface area contributed by atoms with Crippen molar-refractivity contribution in [1.29, 1.82) is 0 Å². The molecule has 2 N–H and O–H groups in total. The number of pyridine rings is 1. The highest BCUT2D eigenvalue weighted by Crippen LogP contribution is 2.17. The summed E-state index contributed by atoms with van der Waals surface area (Å²) in [7, 11) is 0. The van der Waals surface area contributed by atoms with Crippen LogP contribution in [0.5, 0.6) is 11.6 Å². The number of aromatic nitrogens is 3. The smallest absolute Gasteiger partial charge is 0.215 e. The van der Waals surface area contributed by atoms with E-state index in [9.17, 15) is 5.11 Å². The minimum absolute atomic E-state index is 0.265. The molecule has 0 bridgehead atoms. The SMILES string of the molecule is CCOc1ccc2[nH]c(Cc3ccc(O)cc3)nc2n1. The zero-order valence-corrected chi connectivity index (χ0v) is 11.1. The van der Waals surface area contributed by atoms with Crippen LogP contribution in [0.15, 0.2) is 36.4 Å². The predicted octanol–water partition coefficient (Wildman–Crippen LogP) is 2.65. The Morgan fingerprint density at radius 3 is 2.65 bits per heavy atom. The average Bonchev–Trinajstić information content (AvgIpc) is 2.83. The van der Waals surface area contributed by atoms with Gasteiger partial charge in [0.1, 0.15) is 11.6 Å². The number of phenolic OH excluding ortho intramolecular Hbond substituents is 1. The summed E-state index contributed by atoms with van der Waals surface area (Å²) in [6.07, 6.45) is 0.667. The quantitative estimate of drug-likeness (QED) is 0.764. The van der Waals surface area contributed by atoms with E-state index in [1.54, 1.807) is 12.1 Å². The van der Waals surface area contributed by atoms with Gasteiger partial charge in [-0.2, -0.15) is 4.98 Å². The Morgan fingerprint density at radius 2 is 1.90 bits per heavy atom. The van der Waals surface area contributed by atoms with E-state index in [1.165, 1.54) is 0 Å². The van der Waals surface area contributed by atoms with Crippen LogP contribution >= 0.6 is 0 Å². The Morgan fingerprint density at radius 1 is 1.10 bits per heavy atom. The van der Waals surface area contributed by atoms with Gasteiger partial charge in [0.05, 0.1) is 12.1 Å². The summed E-state index contributed by atoms with van der Waals surface area (Å²) in [5.74, 6) is 1.69. The number of nitrogens with one attached hydrogen (secondary N) is 1. The van der Waals surface area contributed by atoms with Crippen LogP contribution in [0.4, 0.5) is 0 Å². The maximum atomic E-state index is 9.27. The van der Waals surface area contributed by atoms with E-state index in [0.29, 0.717) is 24.6 Å². The summed E-state index contributed by atoms with van der Waals surface area (Å²) in [5.41, 5.74) is 2.62. The third kappa shape index (κ3) is 2.56. The monoisotopic (exact) mass is 269 g/mol. The van der Waals surface area contributed by atoms with Crippen molar-refractivity contribution in [3.05, 3.63) is 47.8 Å². The van der Waals surface area contributed by atoms with E-state index in [0.717, 1.165) is 16.9 Å². The molecule has 0 aliphatic carbocycles. The highest BCUT2D eigenvalue weighted by molar-refractivity contribution is 5.71. The molecule has 0 radical (unpaired) electrons. The summed E-state index contributed by atoms with van der Waals surface area (Å²) in [6, 6.07) is 10.8. The first-order valence-electron chi connectivity index (χ1n) is 6.51. The number of H-pyrrole nitrogens is 1. The van der Waals surface area contributed by atoms with Gasteiger partial charge >= 0.3 is 0 Å². The van der Waals surface area contributed by atoms with Crippen LogP contribution in [0, 0.1) is 0 Å². The first kappa shape index (κ1) is 12.5. The van der Waals surface area contributed by atoms with Crippen LogP contribution in [-0.4, -0.2) is 26.7 Å². The lowest BCUT2D eigenvalue weighted by Crippen LogP contribution is -1.93. The summed E-state index contributed by atoms with van der Waals surface area (Å²) in [4.78, 5) is 12.0. The molecule has 0 aliphatic rings. The molecule has 0 saturated carbocycles. The van der Waals surface area contributed by atoms with Crippen molar-refractivity contribution in [3.8, 4) is 11.6 Å². The molecule has 5 heteroatoms. The molecule has 2 heterocycles. The number of imidazole rings is 1. The molecular formula is C15H15N3O2. The highest BCUT2D eigenvalue weighted by Gasteiger charge is 2.06. The van der Waals surface area contributed by atoms with E-state index in [2.05, 4.69) is 15.0 Å². The van der Waals surface area contributed by atoms with Crippen molar-refractivity contribution in [3.63, 3.8) is 0 Å². The van der Waals surface area contributed by atoms with Crippen molar-refractivity contribution >= 4 is 11.2 Å². The predicted molar refractivity (Wildman–Crippen MR) is 76.0 cm³/mol. The lowest BCUT2D eigenvalue weighted by Gasteiger charge is -1.99. The third-order valence-corrected chi connectivity index (χ3v) is 2.97. The molecule has 1 aromatic carbocycles. The number of aromatic amines is 1. The zero-order valence-electron chi connectivity index (χ0n) is 11.1. The van der Waals surface area contributed by atoms with E-state index in [1.807, 2.05) is 31.2 Å². The lowest BCUT2D eigenvalue weighted by molar-refractivity contribution is 0.328. The number of nitrogens with zero attached hydrogens (tertiary/aromatic N) is 2. The molecule has 0 spiro atoms. The Labute approximate surface area is 116 Å². The van der Waals surface area contributed by atoms with Gasteiger partial charge in [-0.15, -0.1) is 0 Å². The van der Waals surface area contributed by atoms with Gasteiger partial charge in [0.25, 0.3) is 0 Å². The summed E-state index contributed by atoms with van der Waals surface area (Å²) in [6.45, 7) is 2.51. The van der Waals surface area contributed by atoms with Crippen LogP contribution in [0.2, 0.25) is 0 Å². The fourth-order valence-electron chi connectivity index (χ4n) is 2.04. The van der Waals surface area contributed by atoms with Crippen LogP contribution < -0.4 is 4.74 Å². The topological polar surface area (TPSA) is 71.0 Å². The van der Waals surface area contributed by atoms with Crippen molar-refractivity contribution < 1.29 is 9.84 Å². The summed E-state index contributed by atoms with van der Waals surface area (Å²) >= 11 is 0. The summed E-state index contributed by atoms with van der Waals surface area (Å²) < 4.78 is 5.36. The Hall–Kier alpha value is -2.56. The molecule has 0 atom stereocenters. The van der Waals surface area contributed by atoms with Gasteiger partial charge in [-0.1, -0.05) is 12.1 Å². The van der Waals surface area contributed by atoms with Crippen LogP contribution in [0.1, 0.15) is 18.3 Å². The van der Waals surface area contributed by atoms with Gasteiger partial charge < -0.3 is 14.8 Å². The first-order valence-corrected chi connectivity index (χ1v) is 6.51.